The summed E-state index contributed by atoms with van der Waals surface area (Å²) in [4.78, 5) is 0. The Morgan fingerprint density at radius 3 is 2.64 bits per heavy atom. The highest BCUT2D eigenvalue weighted by Crippen LogP contribution is 2.27. The third-order valence-electron chi connectivity index (χ3n) is 2.24. The van der Waals surface area contributed by atoms with Crippen LogP contribution in [0.25, 0.3) is 0 Å². The van der Waals surface area contributed by atoms with Gasteiger partial charge in [0.1, 0.15) is 0 Å². The fourth-order valence-electron chi connectivity index (χ4n) is 1.63. The Bertz CT molecular complexity index is 152. The van der Waals surface area contributed by atoms with Gasteiger partial charge in [-0.2, -0.15) is 0 Å². The van der Waals surface area contributed by atoms with Crippen LogP contribution in [-0.4, -0.2) is 0 Å². The summed E-state index contributed by atoms with van der Waals surface area (Å²) in [6.07, 6.45) is 11.4. The minimum atomic E-state index is 0.974. The zero-order chi connectivity index (χ0) is 8.10. The lowest BCUT2D eigenvalue weighted by Crippen LogP contribution is -1.88. The van der Waals surface area contributed by atoms with E-state index in [9.17, 15) is 0 Å². The quantitative estimate of drug-likeness (QED) is 0.531. The monoisotopic (exact) mass is 262 g/mol. The van der Waals surface area contributed by atoms with E-state index in [1.807, 2.05) is 0 Å². The molecule has 0 radical (unpaired) electrons. The lowest BCUT2D eigenvalue weighted by atomic mass is 10.0. The summed E-state index contributed by atoms with van der Waals surface area (Å²) in [5, 5.41) is 0. The standard InChI is InChI=1S/C10H15I/c1-9(11)5-4-8-10-6-2-3-7-10/h4-5,10H,1-3,6-8H2/b5-4+. The number of hydrogen-bond donors (Lipinski definition) is 0. The van der Waals surface area contributed by atoms with E-state index in [1.54, 1.807) is 0 Å². The second-order valence-electron chi connectivity index (χ2n) is 3.24. The maximum atomic E-state index is 3.82. The summed E-state index contributed by atoms with van der Waals surface area (Å²) in [7, 11) is 0. The van der Waals surface area contributed by atoms with Crippen LogP contribution >= 0.6 is 22.6 Å². The molecule has 1 rings (SSSR count). The van der Waals surface area contributed by atoms with Crippen molar-refractivity contribution in [1.29, 1.82) is 0 Å². The second kappa shape index (κ2) is 4.96. The molecule has 0 heterocycles. The highest BCUT2D eigenvalue weighted by molar-refractivity contribution is 14.1. The molecule has 0 aromatic heterocycles. The van der Waals surface area contributed by atoms with Crippen LogP contribution in [0.1, 0.15) is 32.1 Å². The third kappa shape index (κ3) is 3.94. The number of hydrogen-bond acceptors (Lipinski definition) is 0. The molecule has 0 atom stereocenters. The van der Waals surface area contributed by atoms with Crippen LogP contribution in [0.3, 0.4) is 0 Å². The van der Waals surface area contributed by atoms with E-state index in [4.69, 9.17) is 0 Å². The Morgan fingerprint density at radius 1 is 1.45 bits per heavy atom. The van der Waals surface area contributed by atoms with Crippen molar-refractivity contribution in [3.05, 3.63) is 22.3 Å². The van der Waals surface area contributed by atoms with Gasteiger partial charge in [0, 0.05) is 3.58 Å². The summed E-state index contributed by atoms with van der Waals surface area (Å²) in [6.45, 7) is 3.82. The Labute approximate surface area is 82.9 Å². The Morgan fingerprint density at radius 2 is 2.09 bits per heavy atom. The fourth-order valence-corrected chi connectivity index (χ4v) is 1.89. The van der Waals surface area contributed by atoms with Gasteiger partial charge in [0.25, 0.3) is 0 Å². The van der Waals surface area contributed by atoms with Gasteiger partial charge in [-0.25, -0.2) is 0 Å². The van der Waals surface area contributed by atoms with E-state index in [0.717, 1.165) is 9.50 Å². The predicted molar refractivity (Wildman–Crippen MR) is 58.9 cm³/mol. The van der Waals surface area contributed by atoms with Crippen LogP contribution in [0, 0.1) is 5.92 Å². The topological polar surface area (TPSA) is 0 Å². The van der Waals surface area contributed by atoms with Crippen molar-refractivity contribution < 1.29 is 0 Å². The first-order chi connectivity index (χ1) is 5.29. The van der Waals surface area contributed by atoms with Gasteiger partial charge < -0.3 is 0 Å². The number of allylic oxidation sites excluding steroid dienone is 3. The summed E-state index contributed by atoms with van der Waals surface area (Å²) >= 11 is 2.25. The maximum Gasteiger partial charge on any atom is 0.00548 e. The van der Waals surface area contributed by atoms with E-state index in [2.05, 4.69) is 41.3 Å². The summed E-state index contributed by atoms with van der Waals surface area (Å²) < 4.78 is 1.14. The van der Waals surface area contributed by atoms with E-state index in [0.29, 0.717) is 0 Å². The molecule has 0 aromatic carbocycles. The van der Waals surface area contributed by atoms with Gasteiger partial charge in [-0.15, -0.1) is 0 Å². The molecule has 1 heteroatoms. The molecule has 0 aliphatic heterocycles. The van der Waals surface area contributed by atoms with Crippen molar-refractivity contribution in [2.45, 2.75) is 32.1 Å². The minimum Gasteiger partial charge on any atom is -0.0856 e. The molecule has 0 aromatic rings. The molecular weight excluding hydrogens is 247 g/mol. The lowest BCUT2D eigenvalue weighted by molar-refractivity contribution is 0.558. The summed E-state index contributed by atoms with van der Waals surface area (Å²) in [5.41, 5.74) is 0. The average molecular weight is 262 g/mol. The number of rotatable bonds is 3. The van der Waals surface area contributed by atoms with Crippen LogP contribution in [0.4, 0.5) is 0 Å². The molecular formula is C10H15I. The SMILES string of the molecule is C=C(I)/C=C/CC1CCCC1. The Hall–Kier alpha value is 0.210. The van der Waals surface area contributed by atoms with E-state index >= 15 is 0 Å². The van der Waals surface area contributed by atoms with Gasteiger partial charge >= 0.3 is 0 Å². The second-order valence-corrected chi connectivity index (χ2v) is 4.62. The zero-order valence-corrected chi connectivity index (χ0v) is 9.01. The average Bonchev–Trinajstić information content (AvgIpc) is 2.39. The van der Waals surface area contributed by atoms with Crippen molar-refractivity contribution in [1.82, 2.24) is 0 Å². The molecule has 0 nitrogen and oxygen atoms in total. The van der Waals surface area contributed by atoms with Crippen LogP contribution in [-0.2, 0) is 0 Å². The number of halogens is 1. The normalized spacial score (nSPS) is 19.7. The molecule has 0 N–H and O–H groups in total. The van der Waals surface area contributed by atoms with Crippen LogP contribution in [0.2, 0.25) is 0 Å². The molecule has 0 saturated heterocycles. The van der Waals surface area contributed by atoms with E-state index in [1.165, 1.54) is 32.1 Å². The van der Waals surface area contributed by atoms with Gasteiger partial charge in [-0.05, 0) is 34.9 Å². The largest absolute Gasteiger partial charge is 0.0856 e. The van der Waals surface area contributed by atoms with Crippen molar-refractivity contribution in [3.8, 4) is 0 Å². The Kier molecular flexibility index (Phi) is 4.20. The molecule has 1 fully saturated rings. The van der Waals surface area contributed by atoms with Gasteiger partial charge in [0.05, 0.1) is 0 Å². The smallest absolute Gasteiger partial charge is 0.00548 e. The van der Waals surface area contributed by atoms with Crippen molar-refractivity contribution in [3.63, 3.8) is 0 Å². The van der Waals surface area contributed by atoms with Crippen molar-refractivity contribution in [2.75, 3.05) is 0 Å². The minimum absolute atomic E-state index is 0.974. The lowest BCUT2D eigenvalue weighted by Gasteiger charge is -2.02. The predicted octanol–water partition coefficient (Wildman–Crippen LogP) is 4.07. The zero-order valence-electron chi connectivity index (χ0n) is 6.85. The van der Waals surface area contributed by atoms with Crippen molar-refractivity contribution in [2.24, 2.45) is 5.92 Å². The molecule has 62 valence electrons. The first-order valence-electron chi connectivity index (χ1n) is 4.30. The van der Waals surface area contributed by atoms with Gasteiger partial charge in [0.15, 0.2) is 0 Å². The molecule has 0 amide bonds. The van der Waals surface area contributed by atoms with Gasteiger partial charge in [-0.1, -0.05) is 44.4 Å². The Balaban J connectivity index is 2.15. The van der Waals surface area contributed by atoms with Crippen LogP contribution < -0.4 is 0 Å². The molecule has 1 aliphatic carbocycles. The molecule has 1 saturated carbocycles. The van der Waals surface area contributed by atoms with Crippen LogP contribution in [0.15, 0.2) is 22.3 Å². The summed E-state index contributed by atoms with van der Waals surface area (Å²) in [5.74, 6) is 0.974. The molecule has 0 unspecified atom stereocenters. The van der Waals surface area contributed by atoms with Crippen molar-refractivity contribution >= 4 is 22.6 Å². The van der Waals surface area contributed by atoms with E-state index < -0.39 is 0 Å². The summed E-state index contributed by atoms with van der Waals surface area (Å²) in [6, 6.07) is 0. The third-order valence-corrected chi connectivity index (χ3v) is 2.60. The van der Waals surface area contributed by atoms with Gasteiger partial charge in [0.2, 0.25) is 0 Å². The highest BCUT2D eigenvalue weighted by atomic mass is 127. The molecule has 11 heavy (non-hydrogen) atoms. The highest BCUT2D eigenvalue weighted by Gasteiger charge is 2.12. The first kappa shape index (κ1) is 9.30. The van der Waals surface area contributed by atoms with Crippen LogP contribution in [0.5, 0.6) is 0 Å². The molecule has 0 spiro atoms. The fraction of sp³-hybridized carbons (Fsp3) is 0.600. The first-order valence-corrected chi connectivity index (χ1v) is 5.38. The van der Waals surface area contributed by atoms with E-state index in [-0.39, 0.29) is 0 Å². The molecule has 0 bridgehead atoms. The molecule has 1 aliphatic rings. The van der Waals surface area contributed by atoms with Gasteiger partial charge in [-0.3, -0.25) is 0 Å². The maximum absolute atomic E-state index is 3.82.